The highest BCUT2D eigenvalue weighted by Gasteiger charge is 2.04. The van der Waals surface area contributed by atoms with Gasteiger partial charge in [0.05, 0.1) is 36.0 Å². The van der Waals surface area contributed by atoms with Crippen molar-refractivity contribution in [2.75, 3.05) is 48.4 Å². The zero-order valence-corrected chi connectivity index (χ0v) is 19.9. The molecule has 0 bridgehead atoms. The number of hydrogen-bond acceptors (Lipinski definition) is 7. The van der Waals surface area contributed by atoms with E-state index in [2.05, 4.69) is 10.6 Å². The van der Waals surface area contributed by atoms with Crippen LogP contribution in [0.1, 0.15) is 11.1 Å². The fourth-order valence-corrected chi connectivity index (χ4v) is 2.40. The molecule has 9 nitrogen and oxygen atoms in total. The zero-order valence-electron chi connectivity index (χ0n) is 16.6. The summed E-state index contributed by atoms with van der Waals surface area (Å²) in [5.41, 5.74) is 26.5. The fraction of sp³-hybridized carbons (Fsp3) is 0.222. The van der Waals surface area contributed by atoms with Gasteiger partial charge in [0, 0.05) is 24.2 Å². The molecule has 13 heteroatoms. The molecule has 0 saturated heterocycles. The summed E-state index contributed by atoms with van der Waals surface area (Å²) >= 11 is 0. The van der Waals surface area contributed by atoms with Crippen LogP contribution in [0.15, 0.2) is 36.4 Å². The average molecular weight is 516 g/mol. The van der Waals surface area contributed by atoms with Crippen LogP contribution in [-0.2, 0) is 4.74 Å². The van der Waals surface area contributed by atoms with Crippen LogP contribution in [0.25, 0.3) is 0 Å². The van der Waals surface area contributed by atoms with Crippen LogP contribution in [0, 0.1) is 10.8 Å². The van der Waals surface area contributed by atoms with Crippen molar-refractivity contribution in [3.05, 3.63) is 47.5 Å². The molecule has 31 heavy (non-hydrogen) atoms. The van der Waals surface area contributed by atoms with Crippen LogP contribution in [0.3, 0.4) is 0 Å². The third-order valence-electron chi connectivity index (χ3n) is 3.85. The lowest BCUT2D eigenvalue weighted by molar-refractivity contribution is 0.154. The zero-order chi connectivity index (χ0) is 19.8. The second-order valence-electron chi connectivity index (χ2n) is 5.90. The highest BCUT2D eigenvalue weighted by Crippen LogP contribution is 2.20. The number of nitrogen functional groups attached to an aromatic ring is 4. The highest BCUT2D eigenvalue weighted by molar-refractivity contribution is 5.97. The third kappa shape index (κ3) is 10.5. The van der Waals surface area contributed by atoms with Crippen LogP contribution in [0.2, 0.25) is 0 Å². The maximum atomic E-state index is 7.39. The first kappa shape index (κ1) is 33.3. The Labute approximate surface area is 206 Å². The molecule has 176 valence electrons. The van der Waals surface area contributed by atoms with Gasteiger partial charge in [0.1, 0.15) is 11.7 Å². The van der Waals surface area contributed by atoms with E-state index in [1.54, 1.807) is 36.4 Å². The Morgan fingerprint density at radius 3 is 1.35 bits per heavy atom. The summed E-state index contributed by atoms with van der Waals surface area (Å²) in [5.74, 6) is -0.0266. The first-order valence-electron chi connectivity index (χ1n) is 8.42. The van der Waals surface area contributed by atoms with Crippen molar-refractivity contribution in [3.8, 4) is 0 Å². The van der Waals surface area contributed by atoms with Crippen LogP contribution < -0.4 is 33.6 Å². The maximum Gasteiger partial charge on any atom is 0.122 e. The number of hydrogen-bond donors (Lipinski definition) is 8. The Morgan fingerprint density at radius 1 is 0.710 bits per heavy atom. The van der Waals surface area contributed by atoms with E-state index in [1.807, 2.05) is 0 Å². The lowest BCUT2D eigenvalue weighted by Gasteiger charge is -2.12. The Hall–Kier alpha value is -2.30. The SMILES string of the molecule is Cl.Cl.Cl.Cl.N=C(N)c1ccc(NCCOCCNc2ccc(C(=N)N)cc2N)c(N)c1. The minimum absolute atomic E-state index is 0. The van der Waals surface area contributed by atoms with Gasteiger partial charge in [0.25, 0.3) is 0 Å². The lowest BCUT2D eigenvalue weighted by atomic mass is 10.1. The molecule has 2 rings (SSSR count). The summed E-state index contributed by atoms with van der Waals surface area (Å²) in [4.78, 5) is 0. The van der Waals surface area contributed by atoms with Gasteiger partial charge in [-0.05, 0) is 36.4 Å². The Bertz CT molecular complexity index is 771. The maximum absolute atomic E-state index is 7.39. The Balaban J connectivity index is -0.00000196. The van der Waals surface area contributed by atoms with Crippen molar-refractivity contribution in [1.29, 1.82) is 10.8 Å². The lowest BCUT2D eigenvalue weighted by Crippen LogP contribution is -2.16. The van der Waals surface area contributed by atoms with E-state index < -0.39 is 0 Å². The minimum atomic E-state index is -0.0133. The molecule has 2 aromatic rings. The summed E-state index contributed by atoms with van der Waals surface area (Å²) in [6.45, 7) is 2.21. The Kier molecular flexibility index (Phi) is 17.6. The number of rotatable bonds is 10. The molecule has 0 aromatic heterocycles. The summed E-state index contributed by atoms with van der Waals surface area (Å²) in [6.07, 6.45) is 0. The number of anilines is 4. The van der Waals surface area contributed by atoms with Gasteiger partial charge in [-0.3, -0.25) is 10.8 Å². The molecule has 0 fully saturated rings. The van der Waals surface area contributed by atoms with E-state index in [1.165, 1.54) is 0 Å². The third-order valence-corrected chi connectivity index (χ3v) is 3.85. The number of benzene rings is 2. The fourth-order valence-electron chi connectivity index (χ4n) is 2.40. The van der Waals surface area contributed by atoms with Crippen LogP contribution in [0.5, 0.6) is 0 Å². The van der Waals surface area contributed by atoms with E-state index in [0.717, 1.165) is 11.4 Å². The van der Waals surface area contributed by atoms with E-state index in [0.29, 0.717) is 48.8 Å². The van der Waals surface area contributed by atoms with Gasteiger partial charge in [0.15, 0.2) is 0 Å². The van der Waals surface area contributed by atoms with Crippen LogP contribution >= 0.6 is 49.6 Å². The molecule has 0 saturated carbocycles. The summed E-state index contributed by atoms with van der Waals surface area (Å²) in [6, 6.07) is 10.4. The molecule has 0 heterocycles. The molecule has 0 atom stereocenters. The van der Waals surface area contributed by atoms with Crippen molar-refractivity contribution in [2.45, 2.75) is 0 Å². The van der Waals surface area contributed by atoms with E-state index in [4.69, 9.17) is 38.5 Å². The molecule has 0 spiro atoms. The molecule has 0 radical (unpaired) electrons. The molecular formula is C18H30Cl4N8O. The van der Waals surface area contributed by atoms with Crippen LogP contribution in [0.4, 0.5) is 22.7 Å². The van der Waals surface area contributed by atoms with Crippen molar-refractivity contribution in [3.63, 3.8) is 0 Å². The second kappa shape index (κ2) is 16.4. The first-order valence-corrected chi connectivity index (χ1v) is 8.42. The van der Waals surface area contributed by atoms with Gasteiger partial charge < -0.3 is 38.3 Å². The van der Waals surface area contributed by atoms with E-state index in [9.17, 15) is 0 Å². The van der Waals surface area contributed by atoms with E-state index >= 15 is 0 Å². The number of ether oxygens (including phenoxy) is 1. The molecule has 0 unspecified atom stereocenters. The normalized spacial score (nSPS) is 9.03. The quantitative estimate of drug-likeness (QED) is 0.103. The largest absolute Gasteiger partial charge is 0.397 e. The predicted octanol–water partition coefficient (Wildman–Crippen LogP) is 2.65. The van der Waals surface area contributed by atoms with Gasteiger partial charge >= 0.3 is 0 Å². The highest BCUT2D eigenvalue weighted by atomic mass is 35.5. The van der Waals surface area contributed by atoms with Gasteiger partial charge in [0.2, 0.25) is 0 Å². The van der Waals surface area contributed by atoms with Gasteiger partial charge in [-0.2, -0.15) is 0 Å². The predicted molar refractivity (Wildman–Crippen MR) is 141 cm³/mol. The molecule has 2 aromatic carbocycles. The second-order valence-corrected chi connectivity index (χ2v) is 5.90. The summed E-state index contributed by atoms with van der Waals surface area (Å²) in [7, 11) is 0. The molecule has 0 aliphatic heterocycles. The molecule has 12 N–H and O–H groups in total. The van der Waals surface area contributed by atoms with Gasteiger partial charge in [-0.25, -0.2) is 0 Å². The standard InChI is InChI=1S/C18H26N8O.4ClH/c19-13-9-11(17(21)22)1-3-15(13)25-5-7-27-8-6-26-16-4-2-12(18(23)24)10-14(16)20;;;;/h1-4,9-10,25-26H,5-8,19-20H2,(H3,21,22)(H3,23,24);4*1H. The topological polar surface area (TPSA) is 185 Å². The van der Waals surface area contributed by atoms with Crippen molar-refractivity contribution in [1.82, 2.24) is 0 Å². The van der Waals surface area contributed by atoms with E-state index in [-0.39, 0.29) is 61.3 Å². The molecular weight excluding hydrogens is 486 g/mol. The number of nitrogens with two attached hydrogens (primary N) is 4. The van der Waals surface area contributed by atoms with Gasteiger partial charge in [-0.1, -0.05) is 0 Å². The Morgan fingerprint density at radius 2 is 1.06 bits per heavy atom. The smallest absolute Gasteiger partial charge is 0.122 e. The molecule has 0 aliphatic rings. The monoisotopic (exact) mass is 514 g/mol. The van der Waals surface area contributed by atoms with Crippen molar-refractivity contribution < 1.29 is 4.74 Å². The summed E-state index contributed by atoms with van der Waals surface area (Å²) < 4.78 is 5.57. The number of amidine groups is 2. The first-order chi connectivity index (χ1) is 12.9. The minimum Gasteiger partial charge on any atom is -0.397 e. The molecule has 0 amide bonds. The number of halogens is 4. The van der Waals surface area contributed by atoms with Crippen LogP contribution in [-0.4, -0.2) is 38.0 Å². The van der Waals surface area contributed by atoms with Crippen molar-refractivity contribution in [2.24, 2.45) is 11.5 Å². The average Bonchev–Trinajstić information content (AvgIpc) is 2.62. The number of nitrogens with one attached hydrogen (secondary N) is 4. The van der Waals surface area contributed by atoms with Gasteiger partial charge in [-0.15, -0.1) is 49.6 Å². The molecule has 0 aliphatic carbocycles. The van der Waals surface area contributed by atoms with Crippen molar-refractivity contribution >= 4 is 84.0 Å². The summed E-state index contributed by atoms with van der Waals surface area (Å²) in [5, 5.41) is 21.1.